The number of alkyl halides is 3. The van der Waals surface area contributed by atoms with Crippen molar-refractivity contribution >= 4 is 44.7 Å². The van der Waals surface area contributed by atoms with Gasteiger partial charge in [-0.1, -0.05) is 37.6 Å². The standard InChI is InChI=1S/C22H22ClF3N4O2S/c1-21(2,3)11-4-6-13-16(9-11)33-19-18(13)20(32)30(29-28-19)10-17(31)27-15-8-12(22(24,25)26)5-7-14(15)23/h5,7-8,11H,4,6,9-10H2,1-3H3,(H,27,31)/t11-/m0/s1. The van der Waals surface area contributed by atoms with Gasteiger partial charge in [0.2, 0.25) is 5.91 Å². The van der Waals surface area contributed by atoms with Crippen molar-refractivity contribution in [3.63, 3.8) is 0 Å². The van der Waals surface area contributed by atoms with Gasteiger partial charge < -0.3 is 5.32 Å². The van der Waals surface area contributed by atoms with E-state index in [1.165, 1.54) is 11.3 Å². The molecule has 0 fully saturated rings. The molecule has 1 aliphatic carbocycles. The third-order valence-electron chi connectivity index (χ3n) is 6.02. The Morgan fingerprint density at radius 1 is 1.30 bits per heavy atom. The molecule has 0 bridgehead atoms. The van der Waals surface area contributed by atoms with Crippen LogP contribution in [0, 0.1) is 11.3 Å². The van der Waals surface area contributed by atoms with Gasteiger partial charge in [-0.15, -0.1) is 16.4 Å². The maximum Gasteiger partial charge on any atom is 0.416 e. The first kappa shape index (κ1) is 23.7. The fraction of sp³-hybridized carbons (Fsp3) is 0.455. The van der Waals surface area contributed by atoms with Gasteiger partial charge in [-0.05, 0) is 54.4 Å². The van der Waals surface area contributed by atoms with Gasteiger partial charge in [0.1, 0.15) is 6.54 Å². The van der Waals surface area contributed by atoms with Crippen molar-refractivity contribution in [2.45, 2.75) is 52.8 Å². The molecule has 1 N–H and O–H groups in total. The van der Waals surface area contributed by atoms with Crippen LogP contribution in [0.4, 0.5) is 18.9 Å². The molecule has 6 nitrogen and oxygen atoms in total. The molecule has 33 heavy (non-hydrogen) atoms. The van der Waals surface area contributed by atoms with E-state index in [-0.39, 0.29) is 16.1 Å². The van der Waals surface area contributed by atoms with Crippen LogP contribution in [-0.2, 0) is 30.4 Å². The first-order chi connectivity index (χ1) is 15.3. The second kappa shape index (κ2) is 8.39. The largest absolute Gasteiger partial charge is 0.416 e. The monoisotopic (exact) mass is 498 g/mol. The van der Waals surface area contributed by atoms with Crippen molar-refractivity contribution in [3.8, 4) is 0 Å². The predicted molar refractivity (Wildman–Crippen MR) is 122 cm³/mol. The van der Waals surface area contributed by atoms with Crippen molar-refractivity contribution in [2.75, 3.05) is 5.32 Å². The summed E-state index contributed by atoms with van der Waals surface area (Å²) in [5.74, 6) is -0.236. The van der Waals surface area contributed by atoms with Gasteiger partial charge in [0.25, 0.3) is 5.56 Å². The van der Waals surface area contributed by atoms with Crippen molar-refractivity contribution in [1.82, 2.24) is 15.0 Å². The Bertz CT molecular complexity index is 1290. The molecular weight excluding hydrogens is 477 g/mol. The number of rotatable bonds is 3. The van der Waals surface area contributed by atoms with E-state index in [1.807, 2.05) is 0 Å². The van der Waals surface area contributed by atoms with E-state index in [1.54, 1.807) is 0 Å². The summed E-state index contributed by atoms with van der Waals surface area (Å²) in [5.41, 5.74) is -0.455. The second-order valence-corrected chi connectivity index (χ2v) is 10.8. The number of halogens is 4. The van der Waals surface area contributed by atoms with Gasteiger partial charge >= 0.3 is 6.18 Å². The molecule has 0 aliphatic heterocycles. The summed E-state index contributed by atoms with van der Waals surface area (Å²) in [4.78, 5) is 27.2. The van der Waals surface area contributed by atoms with E-state index in [0.29, 0.717) is 16.1 Å². The first-order valence-electron chi connectivity index (χ1n) is 10.4. The Kier molecular flexibility index (Phi) is 6.03. The number of nitrogens with zero attached hydrogens (tertiary/aromatic N) is 3. The summed E-state index contributed by atoms with van der Waals surface area (Å²) in [6, 6.07) is 2.63. The lowest BCUT2D eigenvalue weighted by atomic mass is 9.72. The molecule has 0 saturated carbocycles. The smallest absolute Gasteiger partial charge is 0.323 e. The number of anilines is 1. The summed E-state index contributed by atoms with van der Waals surface area (Å²) in [6.45, 7) is 6.12. The lowest BCUT2D eigenvalue weighted by molar-refractivity contribution is -0.137. The minimum Gasteiger partial charge on any atom is -0.323 e. The minimum atomic E-state index is -4.58. The molecule has 0 radical (unpaired) electrons. The van der Waals surface area contributed by atoms with E-state index in [0.717, 1.165) is 52.6 Å². The molecule has 1 amide bonds. The Balaban J connectivity index is 1.59. The van der Waals surface area contributed by atoms with Crippen LogP contribution in [0.1, 0.15) is 43.2 Å². The Morgan fingerprint density at radius 3 is 2.70 bits per heavy atom. The van der Waals surface area contributed by atoms with Gasteiger partial charge in [-0.3, -0.25) is 9.59 Å². The number of carbonyl (C=O) groups excluding carboxylic acids is 1. The number of benzene rings is 1. The van der Waals surface area contributed by atoms with Gasteiger partial charge in [-0.2, -0.15) is 13.2 Å². The Morgan fingerprint density at radius 2 is 2.03 bits per heavy atom. The van der Waals surface area contributed by atoms with Crippen LogP contribution in [0.25, 0.3) is 10.2 Å². The summed E-state index contributed by atoms with van der Waals surface area (Å²) in [5, 5.41) is 10.8. The number of aryl methyl sites for hydroxylation is 1. The zero-order valence-electron chi connectivity index (χ0n) is 18.2. The highest BCUT2D eigenvalue weighted by atomic mass is 35.5. The number of carbonyl (C=O) groups is 1. The van der Waals surface area contributed by atoms with E-state index in [2.05, 4.69) is 36.4 Å². The lowest BCUT2D eigenvalue weighted by Crippen LogP contribution is -2.31. The van der Waals surface area contributed by atoms with E-state index >= 15 is 0 Å². The van der Waals surface area contributed by atoms with E-state index in [9.17, 15) is 22.8 Å². The number of fused-ring (bicyclic) bond motifs is 3. The molecule has 11 heteroatoms. The van der Waals surface area contributed by atoms with Gasteiger partial charge in [0, 0.05) is 4.88 Å². The summed E-state index contributed by atoms with van der Waals surface area (Å²) < 4.78 is 39.8. The number of hydrogen-bond donors (Lipinski definition) is 1. The van der Waals surface area contributed by atoms with Gasteiger partial charge in [0.05, 0.1) is 21.7 Å². The third-order valence-corrected chi connectivity index (χ3v) is 7.49. The molecular formula is C22H22ClF3N4O2S. The Labute approximate surface area is 196 Å². The van der Waals surface area contributed by atoms with Crippen molar-refractivity contribution < 1.29 is 18.0 Å². The van der Waals surface area contributed by atoms with Crippen LogP contribution < -0.4 is 10.9 Å². The molecule has 3 aromatic rings. The number of thiophene rings is 1. The molecule has 2 aromatic heterocycles. The molecule has 1 aliphatic rings. The first-order valence-corrected chi connectivity index (χ1v) is 11.6. The van der Waals surface area contributed by atoms with Gasteiger partial charge in [0.15, 0.2) is 4.83 Å². The fourth-order valence-electron chi connectivity index (χ4n) is 4.09. The maximum atomic E-state index is 13.1. The third kappa shape index (κ3) is 4.77. The average molecular weight is 499 g/mol. The summed E-state index contributed by atoms with van der Waals surface area (Å²) in [6.07, 6.45) is -2.00. The van der Waals surface area contributed by atoms with Crippen LogP contribution >= 0.6 is 22.9 Å². The highest BCUT2D eigenvalue weighted by molar-refractivity contribution is 7.18. The fourth-order valence-corrected chi connectivity index (χ4v) is 5.49. The van der Waals surface area contributed by atoms with Crippen molar-refractivity contribution in [1.29, 1.82) is 0 Å². The van der Waals surface area contributed by atoms with Crippen LogP contribution in [0.2, 0.25) is 5.02 Å². The molecule has 0 spiro atoms. The van der Waals surface area contributed by atoms with E-state index in [4.69, 9.17) is 11.6 Å². The number of nitrogens with one attached hydrogen (secondary N) is 1. The maximum absolute atomic E-state index is 13.1. The molecule has 0 saturated heterocycles. The lowest BCUT2D eigenvalue weighted by Gasteiger charge is -2.33. The van der Waals surface area contributed by atoms with Crippen LogP contribution in [0.5, 0.6) is 0 Å². The zero-order valence-corrected chi connectivity index (χ0v) is 19.8. The molecule has 1 atom stereocenters. The zero-order chi connectivity index (χ0) is 24.1. The molecule has 4 rings (SSSR count). The number of hydrogen-bond acceptors (Lipinski definition) is 5. The van der Waals surface area contributed by atoms with Crippen LogP contribution in [0.3, 0.4) is 0 Å². The van der Waals surface area contributed by atoms with Crippen molar-refractivity contribution in [2.24, 2.45) is 11.3 Å². The number of amides is 1. The molecule has 2 heterocycles. The molecule has 0 unspecified atom stereocenters. The highest BCUT2D eigenvalue weighted by Gasteiger charge is 2.33. The number of aromatic nitrogens is 3. The summed E-state index contributed by atoms with van der Waals surface area (Å²) >= 11 is 7.39. The minimum absolute atomic E-state index is 0.0504. The quantitative estimate of drug-likeness (QED) is 0.530. The highest BCUT2D eigenvalue weighted by Crippen LogP contribution is 2.42. The molecule has 176 valence electrons. The van der Waals surface area contributed by atoms with Crippen molar-refractivity contribution in [3.05, 3.63) is 49.6 Å². The summed E-state index contributed by atoms with van der Waals surface area (Å²) in [7, 11) is 0. The Hall–Kier alpha value is -2.46. The van der Waals surface area contributed by atoms with Gasteiger partial charge in [-0.25, -0.2) is 4.68 Å². The molecule has 1 aromatic carbocycles. The van der Waals surface area contributed by atoms with Crippen LogP contribution in [-0.4, -0.2) is 20.9 Å². The van der Waals surface area contributed by atoms with E-state index < -0.39 is 29.8 Å². The normalized spacial score (nSPS) is 16.6. The van der Waals surface area contributed by atoms with Crippen LogP contribution in [0.15, 0.2) is 23.0 Å². The average Bonchev–Trinajstić information content (AvgIpc) is 3.08. The predicted octanol–water partition coefficient (Wildman–Crippen LogP) is 5.31. The topological polar surface area (TPSA) is 76.9 Å². The second-order valence-electron chi connectivity index (χ2n) is 9.28. The SMILES string of the molecule is CC(C)(C)[C@H]1CCc2c(sc3nnn(CC(=O)Nc4cc(C(F)(F)F)ccc4Cl)c(=O)c23)C1.